The number of hydrogen-bond donors (Lipinski definition) is 0. The Hall–Kier alpha value is 1.42. The predicted molar refractivity (Wildman–Crippen MR) is 55.1 cm³/mol. The molecule has 0 amide bonds. The molecule has 2 rings (SSSR count). The zero-order chi connectivity index (χ0) is 6.48. The van der Waals surface area contributed by atoms with Gasteiger partial charge in [0.05, 0.1) is 0 Å². The van der Waals surface area contributed by atoms with Gasteiger partial charge in [0.2, 0.25) is 0 Å². The van der Waals surface area contributed by atoms with Crippen LogP contribution < -0.4 is 0 Å². The molecule has 1 aliphatic carbocycles. The van der Waals surface area contributed by atoms with Crippen LogP contribution in [0.3, 0.4) is 0 Å². The minimum Gasteiger partial charge on any atom is -0.247 e. The summed E-state index contributed by atoms with van der Waals surface area (Å²) in [6, 6.07) is 0. The first-order valence-corrected chi connectivity index (χ1v) is 5.35. The van der Waals surface area contributed by atoms with Gasteiger partial charge in [0, 0.05) is 39.4 Å². The van der Waals surface area contributed by atoms with Crippen molar-refractivity contribution in [1.29, 1.82) is 0 Å². The molecule has 0 radical (unpaired) electrons. The van der Waals surface area contributed by atoms with Crippen molar-refractivity contribution in [2.24, 2.45) is 5.92 Å². The molecule has 0 spiro atoms. The normalized spacial score (nSPS) is 50.7. The molecule has 0 aromatic carbocycles. The largest absolute Gasteiger partial charge is 0.247 e. The van der Waals surface area contributed by atoms with Crippen LogP contribution in [-0.2, 0) is 0 Å². The van der Waals surface area contributed by atoms with Crippen molar-refractivity contribution in [3.05, 3.63) is 0 Å². The van der Waals surface area contributed by atoms with Gasteiger partial charge >= 0.3 is 0 Å². The smallest absolute Gasteiger partial charge is 0.0279 e. The SMILES string of the molecule is IN1CCC2(I)CC2C1. The third-order valence-corrected chi connectivity index (χ3v) is 5.08. The molecule has 3 heteroatoms. The van der Waals surface area contributed by atoms with Crippen molar-refractivity contribution in [2.45, 2.75) is 16.3 Å². The summed E-state index contributed by atoms with van der Waals surface area (Å²) >= 11 is 5.08. The average Bonchev–Trinajstić information content (AvgIpc) is 2.41. The Labute approximate surface area is 83.2 Å². The fourth-order valence-electron chi connectivity index (χ4n) is 1.52. The Kier molecular flexibility index (Phi) is 1.73. The summed E-state index contributed by atoms with van der Waals surface area (Å²) < 4.78 is 3.17. The molecule has 1 aliphatic heterocycles. The molecule has 1 heterocycles. The molecule has 0 aromatic heterocycles. The fourth-order valence-corrected chi connectivity index (χ4v) is 3.21. The molecule has 2 atom stereocenters. The third kappa shape index (κ3) is 1.24. The van der Waals surface area contributed by atoms with Crippen LogP contribution in [0.15, 0.2) is 0 Å². The Bertz CT molecular complexity index is 139. The van der Waals surface area contributed by atoms with E-state index in [9.17, 15) is 0 Å². The first kappa shape index (κ1) is 7.09. The van der Waals surface area contributed by atoms with Gasteiger partial charge in [0.1, 0.15) is 0 Å². The van der Waals surface area contributed by atoms with Crippen LogP contribution in [0.5, 0.6) is 0 Å². The van der Waals surface area contributed by atoms with E-state index in [1.807, 2.05) is 0 Å². The summed E-state index contributed by atoms with van der Waals surface area (Å²) in [5, 5.41) is 0. The number of piperidine rings is 1. The van der Waals surface area contributed by atoms with E-state index in [4.69, 9.17) is 0 Å². The molecule has 2 aliphatic rings. The highest BCUT2D eigenvalue weighted by Crippen LogP contribution is 2.57. The molecule has 0 N–H and O–H groups in total. The Morgan fingerprint density at radius 2 is 2.33 bits per heavy atom. The highest BCUT2D eigenvalue weighted by atomic mass is 127. The predicted octanol–water partition coefficient (Wildman–Crippen LogP) is 2.24. The number of halogens is 2. The van der Waals surface area contributed by atoms with Gasteiger partial charge in [-0.15, -0.1) is 0 Å². The highest BCUT2D eigenvalue weighted by Gasteiger charge is 2.54. The molecule has 0 aromatic rings. The lowest BCUT2D eigenvalue weighted by atomic mass is 10.2. The summed E-state index contributed by atoms with van der Waals surface area (Å²) in [5.74, 6) is 1.03. The molecule has 1 saturated heterocycles. The second-order valence-corrected chi connectivity index (χ2v) is 6.57. The van der Waals surface area contributed by atoms with Gasteiger partial charge in [-0.2, -0.15) is 0 Å². The summed E-state index contributed by atoms with van der Waals surface area (Å²) in [7, 11) is 0. The zero-order valence-corrected chi connectivity index (χ0v) is 9.42. The fraction of sp³-hybridized carbons (Fsp3) is 1.00. The van der Waals surface area contributed by atoms with Crippen molar-refractivity contribution in [2.75, 3.05) is 13.1 Å². The van der Waals surface area contributed by atoms with Crippen LogP contribution >= 0.6 is 45.5 Å². The molecular weight excluding hydrogens is 340 g/mol. The number of alkyl halides is 1. The lowest BCUT2D eigenvalue weighted by Crippen LogP contribution is -2.27. The average molecular weight is 349 g/mol. The summed E-state index contributed by atoms with van der Waals surface area (Å²) in [5.41, 5.74) is 0. The molecule has 1 saturated carbocycles. The Morgan fingerprint density at radius 3 is 2.89 bits per heavy atom. The van der Waals surface area contributed by atoms with Gasteiger partial charge in [-0.25, -0.2) is 3.11 Å². The molecule has 1 nitrogen and oxygen atoms in total. The summed E-state index contributed by atoms with van der Waals surface area (Å²) in [6.07, 6.45) is 2.90. The second-order valence-electron chi connectivity index (χ2n) is 3.05. The topological polar surface area (TPSA) is 3.24 Å². The van der Waals surface area contributed by atoms with Crippen molar-refractivity contribution < 1.29 is 0 Å². The van der Waals surface area contributed by atoms with Crippen LogP contribution in [-0.4, -0.2) is 19.6 Å². The van der Waals surface area contributed by atoms with Crippen molar-refractivity contribution in [1.82, 2.24) is 3.11 Å². The highest BCUT2D eigenvalue weighted by molar-refractivity contribution is 14.1. The van der Waals surface area contributed by atoms with Crippen LogP contribution in [0.25, 0.3) is 0 Å². The number of rotatable bonds is 0. The van der Waals surface area contributed by atoms with Gasteiger partial charge in [0.15, 0.2) is 0 Å². The molecule has 2 unspecified atom stereocenters. The van der Waals surface area contributed by atoms with E-state index >= 15 is 0 Å². The maximum atomic E-state index is 2.64. The maximum absolute atomic E-state index is 2.64. The van der Waals surface area contributed by atoms with Gasteiger partial charge in [-0.1, -0.05) is 22.6 Å². The van der Waals surface area contributed by atoms with Gasteiger partial charge in [-0.3, -0.25) is 0 Å². The lowest BCUT2D eigenvalue weighted by molar-refractivity contribution is 0.413. The molecule has 9 heavy (non-hydrogen) atoms. The van der Waals surface area contributed by atoms with Crippen LogP contribution in [0, 0.1) is 5.92 Å². The van der Waals surface area contributed by atoms with E-state index in [0.29, 0.717) is 0 Å². The van der Waals surface area contributed by atoms with Crippen LogP contribution in [0.2, 0.25) is 0 Å². The van der Waals surface area contributed by atoms with Gasteiger partial charge in [0.25, 0.3) is 0 Å². The maximum Gasteiger partial charge on any atom is 0.0279 e. The van der Waals surface area contributed by atoms with Gasteiger partial charge in [-0.05, 0) is 18.8 Å². The first-order chi connectivity index (χ1) is 4.21. The van der Waals surface area contributed by atoms with Crippen LogP contribution in [0.4, 0.5) is 0 Å². The van der Waals surface area contributed by atoms with E-state index in [1.54, 1.807) is 0 Å². The number of nitrogens with zero attached hydrogens (tertiary/aromatic N) is 1. The van der Waals surface area contributed by atoms with E-state index < -0.39 is 0 Å². The van der Waals surface area contributed by atoms with Crippen molar-refractivity contribution in [3.63, 3.8) is 0 Å². The first-order valence-electron chi connectivity index (χ1n) is 3.30. The lowest BCUT2D eigenvalue weighted by Gasteiger charge is -2.22. The molecule has 52 valence electrons. The molecular formula is C6H9I2N. The number of hydrogen-bond acceptors (Lipinski definition) is 1. The van der Waals surface area contributed by atoms with Crippen molar-refractivity contribution >= 4 is 45.5 Å². The van der Waals surface area contributed by atoms with E-state index in [2.05, 4.69) is 48.6 Å². The Morgan fingerprint density at radius 1 is 1.56 bits per heavy atom. The summed E-state index contributed by atoms with van der Waals surface area (Å²) in [6.45, 7) is 2.64. The van der Waals surface area contributed by atoms with Crippen molar-refractivity contribution in [3.8, 4) is 0 Å². The minimum absolute atomic E-state index is 0.749. The standard InChI is InChI=1S/C6H9I2N/c7-6-1-2-9(8)4-5(6)3-6/h5H,1-4H2. The minimum atomic E-state index is 0.749. The third-order valence-electron chi connectivity index (χ3n) is 2.35. The van der Waals surface area contributed by atoms with Gasteiger partial charge < -0.3 is 0 Å². The summed E-state index contributed by atoms with van der Waals surface area (Å²) in [4.78, 5) is 0. The van der Waals surface area contributed by atoms with Crippen LogP contribution in [0.1, 0.15) is 12.8 Å². The Balaban J connectivity index is 2.01. The molecule has 0 bridgehead atoms. The van der Waals surface area contributed by atoms with E-state index in [1.165, 1.54) is 25.9 Å². The second kappa shape index (κ2) is 2.20. The zero-order valence-electron chi connectivity index (χ0n) is 5.11. The quantitative estimate of drug-likeness (QED) is 0.368. The monoisotopic (exact) mass is 349 g/mol. The van der Waals surface area contributed by atoms with E-state index in [-0.39, 0.29) is 0 Å². The van der Waals surface area contributed by atoms with E-state index in [0.717, 1.165) is 9.34 Å². The number of fused-ring (bicyclic) bond motifs is 1. The molecule has 2 fully saturated rings.